The summed E-state index contributed by atoms with van der Waals surface area (Å²) >= 11 is 0. The van der Waals surface area contributed by atoms with E-state index in [2.05, 4.69) is 11.7 Å². The highest BCUT2D eigenvalue weighted by molar-refractivity contribution is 5.24. The van der Waals surface area contributed by atoms with Crippen LogP contribution in [0.2, 0.25) is 0 Å². The van der Waals surface area contributed by atoms with Crippen molar-refractivity contribution in [2.75, 3.05) is 0 Å². The summed E-state index contributed by atoms with van der Waals surface area (Å²) in [6.45, 7) is 2.22. The Morgan fingerprint density at radius 2 is 1.44 bits per heavy atom. The number of benzene rings is 1. The summed E-state index contributed by atoms with van der Waals surface area (Å²) < 4.78 is 74.4. The SMILES string of the molecule is CCCCCC1CCC(C2CCC(/C(F)=C(\F)C(F)(F)Oc3ccc(F)cc3)CC2)CC1. The summed E-state index contributed by atoms with van der Waals surface area (Å²) in [7, 11) is 0. The van der Waals surface area contributed by atoms with Gasteiger partial charge in [-0.25, -0.2) is 8.78 Å². The number of hydrogen-bond donors (Lipinski definition) is 0. The predicted molar refractivity (Wildman–Crippen MR) is 116 cm³/mol. The molecule has 0 saturated heterocycles. The molecule has 0 radical (unpaired) electrons. The zero-order valence-electron chi connectivity index (χ0n) is 18.9. The molecule has 2 fully saturated rings. The second kappa shape index (κ2) is 11.5. The molecule has 32 heavy (non-hydrogen) atoms. The number of alkyl halides is 2. The maximum atomic E-state index is 14.6. The number of hydrogen-bond acceptors (Lipinski definition) is 1. The summed E-state index contributed by atoms with van der Waals surface area (Å²) in [5.41, 5.74) is 0. The van der Waals surface area contributed by atoms with E-state index in [9.17, 15) is 22.0 Å². The van der Waals surface area contributed by atoms with E-state index in [1.807, 2.05) is 0 Å². The lowest BCUT2D eigenvalue weighted by molar-refractivity contribution is -0.159. The molecule has 1 nitrogen and oxygen atoms in total. The van der Waals surface area contributed by atoms with E-state index in [0.717, 1.165) is 43.0 Å². The van der Waals surface area contributed by atoms with Gasteiger partial charge in [-0.3, -0.25) is 0 Å². The van der Waals surface area contributed by atoms with Crippen molar-refractivity contribution in [1.82, 2.24) is 0 Å². The van der Waals surface area contributed by atoms with E-state index in [4.69, 9.17) is 0 Å². The molecule has 0 unspecified atom stereocenters. The second-order valence-electron chi connectivity index (χ2n) is 9.62. The molecule has 3 rings (SSSR count). The smallest absolute Gasteiger partial charge is 0.427 e. The first kappa shape index (κ1) is 25.0. The highest BCUT2D eigenvalue weighted by Crippen LogP contribution is 2.45. The third kappa shape index (κ3) is 6.71. The third-order valence-corrected chi connectivity index (χ3v) is 7.43. The number of rotatable bonds is 9. The van der Waals surface area contributed by atoms with E-state index in [0.29, 0.717) is 24.7 Å². The molecule has 6 heteroatoms. The first-order valence-electron chi connectivity index (χ1n) is 12.2. The van der Waals surface area contributed by atoms with Crippen molar-refractivity contribution in [2.24, 2.45) is 23.7 Å². The van der Waals surface area contributed by atoms with Crippen molar-refractivity contribution in [2.45, 2.75) is 90.1 Å². The van der Waals surface area contributed by atoms with Gasteiger partial charge in [-0.1, -0.05) is 45.4 Å². The van der Waals surface area contributed by atoms with Gasteiger partial charge in [-0.05, 0) is 80.5 Å². The highest BCUT2D eigenvalue weighted by atomic mass is 19.3. The quantitative estimate of drug-likeness (QED) is 0.265. The molecule has 2 aliphatic carbocycles. The number of unbranched alkanes of at least 4 members (excludes halogenated alkanes) is 2. The van der Waals surface area contributed by atoms with Crippen LogP contribution in [0.1, 0.15) is 84.0 Å². The van der Waals surface area contributed by atoms with E-state index in [1.54, 1.807) is 0 Å². The van der Waals surface area contributed by atoms with Crippen molar-refractivity contribution in [3.63, 3.8) is 0 Å². The van der Waals surface area contributed by atoms with Gasteiger partial charge in [0, 0.05) is 5.92 Å². The van der Waals surface area contributed by atoms with E-state index < -0.39 is 35.2 Å². The number of ether oxygens (including phenoxy) is 1. The van der Waals surface area contributed by atoms with Gasteiger partial charge < -0.3 is 4.74 Å². The minimum absolute atomic E-state index is 0.382. The molecule has 0 bridgehead atoms. The van der Waals surface area contributed by atoms with Crippen LogP contribution in [-0.2, 0) is 0 Å². The van der Waals surface area contributed by atoms with Crippen molar-refractivity contribution in [3.8, 4) is 5.75 Å². The molecular formula is C26H35F5O. The molecule has 0 amide bonds. The molecule has 0 spiro atoms. The van der Waals surface area contributed by atoms with E-state index in [-0.39, 0.29) is 0 Å². The molecule has 0 N–H and O–H groups in total. The summed E-state index contributed by atoms with van der Waals surface area (Å²) in [6, 6.07) is 3.75. The van der Waals surface area contributed by atoms with E-state index in [1.165, 1.54) is 51.4 Å². The summed E-state index contributed by atoms with van der Waals surface area (Å²) in [6.07, 6.45) is 7.91. The van der Waals surface area contributed by atoms with Crippen LogP contribution in [0.3, 0.4) is 0 Å². The van der Waals surface area contributed by atoms with Gasteiger partial charge in [0.05, 0.1) is 0 Å². The Labute approximate surface area is 188 Å². The molecule has 0 atom stereocenters. The Kier molecular flexibility index (Phi) is 9.01. The largest absolute Gasteiger partial charge is 0.456 e. The van der Waals surface area contributed by atoms with Gasteiger partial charge in [0.15, 0.2) is 0 Å². The molecular weight excluding hydrogens is 423 g/mol. The fourth-order valence-electron chi connectivity index (χ4n) is 5.49. The van der Waals surface area contributed by atoms with E-state index >= 15 is 0 Å². The number of halogens is 5. The van der Waals surface area contributed by atoms with Crippen LogP contribution in [0, 0.1) is 29.5 Å². The number of allylic oxidation sites excluding steroid dienone is 1. The van der Waals surface area contributed by atoms with Crippen LogP contribution in [0.4, 0.5) is 22.0 Å². The van der Waals surface area contributed by atoms with Crippen LogP contribution in [0.5, 0.6) is 5.75 Å². The first-order chi connectivity index (χ1) is 15.3. The van der Waals surface area contributed by atoms with Gasteiger partial charge in [-0.2, -0.15) is 13.2 Å². The van der Waals surface area contributed by atoms with Gasteiger partial charge in [0.25, 0.3) is 0 Å². The minimum atomic E-state index is -4.42. The van der Waals surface area contributed by atoms with Crippen LogP contribution in [0.25, 0.3) is 0 Å². The fourth-order valence-corrected chi connectivity index (χ4v) is 5.49. The Morgan fingerprint density at radius 1 is 0.875 bits per heavy atom. The first-order valence-corrected chi connectivity index (χ1v) is 12.2. The fraction of sp³-hybridized carbons (Fsp3) is 0.692. The van der Waals surface area contributed by atoms with Crippen molar-refractivity contribution in [1.29, 1.82) is 0 Å². The summed E-state index contributed by atoms with van der Waals surface area (Å²) in [4.78, 5) is 0. The van der Waals surface area contributed by atoms with Crippen molar-refractivity contribution in [3.05, 3.63) is 41.7 Å². The zero-order chi connectivity index (χ0) is 23.1. The Hall–Kier alpha value is -1.59. The van der Waals surface area contributed by atoms with Gasteiger partial charge in [0.2, 0.25) is 5.83 Å². The molecule has 1 aromatic carbocycles. The van der Waals surface area contributed by atoms with Crippen LogP contribution in [0.15, 0.2) is 35.9 Å². The van der Waals surface area contributed by atoms with Crippen LogP contribution in [-0.4, -0.2) is 6.11 Å². The Morgan fingerprint density at radius 3 is 2.00 bits per heavy atom. The molecule has 0 heterocycles. The normalized spacial score (nSPS) is 27.7. The van der Waals surface area contributed by atoms with Crippen molar-refractivity contribution < 1.29 is 26.7 Å². The third-order valence-electron chi connectivity index (χ3n) is 7.43. The lowest BCUT2D eigenvalue weighted by Gasteiger charge is -2.37. The average Bonchev–Trinajstić information content (AvgIpc) is 2.80. The predicted octanol–water partition coefficient (Wildman–Crippen LogP) is 9.14. The molecule has 2 saturated carbocycles. The highest BCUT2D eigenvalue weighted by Gasteiger charge is 2.44. The molecule has 180 valence electrons. The molecule has 1 aromatic rings. The summed E-state index contributed by atoms with van der Waals surface area (Å²) in [5.74, 6) is -3.54. The lowest BCUT2D eigenvalue weighted by atomic mass is 9.68. The van der Waals surface area contributed by atoms with Gasteiger partial charge >= 0.3 is 6.11 Å². The van der Waals surface area contributed by atoms with Gasteiger partial charge in [-0.15, -0.1) is 0 Å². The molecule has 0 aliphatic heterocycles. The topological polar surface area (TPSA) is 9.23 Å². The Balaban J connectivity index is 1.49. The average molecular weight is 459 g/mol. The minimum Gasteiger partial charge on any atom is -0.427 e. The van der Waals surface area contributed by atoms with Gasteiger partial charge in [0.1, 0.15) is 17.4 Å². The lowest BCUT2D eigenvalue weighted by Crippen LogP contribution is -2.29. The maximum absolute atomic E-state index is 14.6. The Bertz CT molecular complexity index is 729. The monoisotopic (exact) mass is 458 g/mol. The standard InChI is InChI=1S/C26H35F5O/c1-2-3-4-5-18-6-8-19(9-7-18)20-10-12-21(13-11-20)24(28)25(29)26(30,31)32-23-16-14-22(27)15-17-23/h14-21H,2-13H2,1H3/b25-24+. The zero-order valence-corrected chi connectivity index (χ0v) is 18.9. The van der Waals surface area contributed by atoms with Crippen LogP contribution >= 0.6 is 0 Å². The van der Waals surface area contributed by atoms with Crippen LogP contribution < -0.4 is 4.74 Å². The van der Waals surface area contributed by atoms with Crippen molar-refractivity contribution >= 4 is 0 Å². The second-order valence-corrected chi connectivity index (χ2v) is 9.62. The summed E-state index contributed by atoms with van der Waals surface area (Å²) in [5, 5.41) is 0. The molecule has 0 aromatic heterocycles. The maximum Gasteiger partial charge on any atom is 0.456 e. The molecule has 2 aliphatic rings.